The maximum Gasteiger partial charge on any atom is 0.433 e. The molecule has 42 heavy (non-hydrogen) atoms. The lowest BCUT2D eigenvalue weighted by molar-refractivity contribution is -0.141. The molecule has 1 amide bonds. The molecule has 1 aliphatic heterocycles. The van der Waals surface area contributed by atoms with Crippen LogP contribution in [0.15, 0.2) is 54.6 Å². The SMILES string of the molecule is CC(C(=O)NCc1ccc(C(F)(F)F)nc1N1CCN(c2ccc(CF)cc2)CC1)c1ccc(NS(C)(=O)=O)c(F)c1. The van der Waals surface area contributed by atoms with Gasteiger partial charge in [-0.25, -0.2) is 22.2 Å². The van der Waals surface area contributed by atoms with Gasteiger partial charge in [-0.3, -0.25) is 9.52 Å². The molecule has 3 aromatic rings. The molecule has 0 radical (unpaired) electrons. The van der Waals surface area contributed by atoms with Crippen molar-refractivity contribution in [2.24, 2.45) is 0 Å². The van der Waals surface area contributed by atoms with Crippen molar-refractivity contribution in [2.45, 2.75) is 32.2 Å². The first-order chi connectivity index (χ1) is 19.7. The summed E-state index contributed by atoms with van der Waals surface area (Å²) in [6, 6.07) is 12.8. The molecular formula is C28H30F5N5O3S. The molecule has 0 bridgehead atoms. The lowest BCUT2D eigenvalue weighted by Crippen LogP contribution is -2.47. The molecule has 1 fully saturated rings. The van der Waals surface area contributed by atoms with E-state index < -0.39 is 46.2 Å². The molecule has 1 saturated heterocycles. The fourth-order valence-electron chi connectivity index (χ4n) is 4.59. The van der Waals surface area contributed by atoms with E-state index in [-0.39, 0.29) is 23.6 Å². The Hall–Kier alpha value is -3.94. The fourth-order valence-corrected chi connectivity index (χ4v) is 5.15. The van der Waals surface area contributed by atoms with Crippen molar-refractivity contribution in [3.05, 3.63) is 82.8 Å². The second-order valence-corrected chi connectivity index (χ2v) is 11.8. The number of anilines is 3. The summed E-state index contributed by atoms with van der Waals surface area (Å²) >= 11 is 0. The molecule has 1 aromatic heterocycles. The van der Waals surface area contributed by atoms with Crippen LogP contribution >= 0.6 is 0 Å². The molecule has 8 nitrogen and oxygen atoms in total. The Labute approximate surface area is 240 Å². The van der Waals surface area contributed by atoms with Crippen LogP contribution in [0.3, 0.4) is 0 Å². The van der Waals surface area contributed by atoms with Crippen molar-refractivity contribution in [3.8, 4) is 0 Å². The summed E-state index contributed by atoms with van der Waals surface area (Å²) in [5.41, 5.74) is 0.780. The number of alkyl halides is 4. The predicted molar refractivity (Wildman–Crippen MR) is 150 cm³/mol. The van der Waals surface area contributed by atoms with Crippen LogP contribution in [-0.4, -0.2) is 51.7 Å². The van der Waals surface area contributed by atoms with Gasteiger partial charge in [-0.05, 0) is 48.4 Å². The van der Waals surface area contributed by atoms with Crippen molar-refractivity contribution >= 4 is 33.1 Å². The molecule has 1 unspecified atom stereocenters. The van der Waals surface area contributed by atoms with E-state index in [0.29, 0.717) is 37.3 Å². The summed E-state index contributed by atoms with van der Waals surface area (Å²) in [6.07, 6.45) is -3.78. The van der Waals surface area contributed by atoms with Crippen molar-refractivity contribution in [2.75, 3.05) is 47.0 Å². The van der Waals surface area contributed by atoms with Crippen molar-refractivity contribution in [1.29, 1.82) is 0 Å². The van der Waals surface area contributed by atoms with E-state index in [0.717, 1.165) is 24.1 Å². The molecule has 2 aromatic carbocycles. The number of pyridine rings is 1. The first-order valence-electron chi connectivity index (χ1n) is 13.0. The van der Waals surface area contributed by atoms with Crippen molar-refractivity contribution in [3.63, 3.8) is 0 Å². The van der Waals surface area contributed by atoms with E-state index in [1.165, 1.54) is 25.1 Å². The quantitative estimate of drug-likeness (QED) is 0.337. The van der Waals surface area contributed by atoms with Crippen LogP contribution in [0.25, 0.3) is 0 Å². The summed E-state index contributed by atoms with van der Waals surface area (Å²) < 4.78 is 92.7. The van der Waals surface area contributed by atoms with Crippen LogP contribution in [0.1, 0.15) is 35.2 Å². The van der Waals surface area contributed by atoms with Crippen molar-refractivity contribution < 1.29 is 35.2 Å². The summed E-state index contributed by atoms with van der Waals surface area (Å²) in [5.74, 6) is -2.10. The third-order valence-electron chi connectivity index (χ3n) is 6.92. The lowest BCUT2D eigenvalue weighted by Gasteiger charge is -2.37. The molecule has 4 rings (SSSR count). The number of halogens is 5. The van der Waals surface area contributed by atoms with E-state index in [2.05, 4.69) is 10.3 Å². The van der Waals surface area contributed by atoms with Crippen LogP contribution < -0.4 is 19.8 Å². The zero-order valence-corrected chi connectivity index (χ0v) is 23.7. The van der Waals surface area contributed by atoms with Crippen LogP contribution in [0.2, 0.25) is 0 Å². The average molecular weight is 612 g/mol. The van der Waals surface area contributed by atoms with E-state index in [1.54, 1.807) is 29.2 Å². The number of benzene rings is 2. The minimum atomic E-state index is -4.66. The Balaban J connectivity index is 1.47. The monoisotopic (exact) mass is 611 g/mol. The lowest BCUT2D eigenvalue weighted by atomic mass is 9.99. The predicted octanol–water partition coefficient (Wildman–Crippen LogP) is 4.83. The molecule has 2 N–H and O–H groups in total. The number of hydrogen-bond donors (Lipinski definition) is 2. The molecule has 1 aliphatic rings. The number of carbonyl (C=O) groups excluding carboxylic acids is 1. The number of carbonyl (C=O) groups is 1. The summed E-state index contributed by atoms with van der Waals surface area (Å²) in [4.78, 5) is 20.6. The van der Waals surface area contributed by atoms with Gasteiger partial charge in [0.15, 0.2) is 0 Å². The second-order valence-electron chi connectivity index (χ2n) is 10.0. The Kier molecular flexibility index (Phi) is 9.24. The van der Waals surface area contributed by atoms with Gasteiger partial charge >= 0.3 is 6.18 Å². The van der Waals surface area contributed by atoms with E-state index >= 15 is 0 Å². The number of aromatic nitrogens is 1. The highest BCUT2D eigenvalue weighted by Crippen LogP contribution is 2.32. The van der Waals surface area contributed by atoms with Crippen LogP contribution in [0.5, 0.6) is 0 Å². The second kappa shape index (κ2) is 12.5. The molecule has 2 heterocycles. The first kappa shape index (κ1) is 31.0. The third kappa shape index (κ3) is 7.66. The standard InChI is InChI=1S/C28H30F5N5O3S/c1-18(20-5-9-24(23(30)15-20)36-42(2,40)41)27(39)34-17-21-6-10-25(28(31,32)33)35-26(21)38-13-11-37(12-14-38)22-7-3-19(16-29)4-8-22/h3-10,15,18,36H,11-14,16-17H2,1-2H3,(H,34,39). The molecule has 14 heteroatoms. The average Bonchev–Trinajstić information content (AvgIpc) is 2.95. The van der Waals surface area contributed by atoms with Crippen LogP contribution in [-0.2, 0) is 34.2 Å². The highest BCUT2D eigenvalue weighted by Gasteiger charge is 2.34. The van der Waals surface area contributed by atoms with Gasteiger partial charge in [-0.15, -0.1) is 0 Å². The maximum atomic E-state index is 14.4. The smallest absolute Gasteiger partial charge is 0.368 e. The van der Waals surface area contributed by atoms with E-state index in [9.17, 15) is 35.2 Å². The summed E-state index contributed by atoms with van der Waals surface area (Å²) in [6.45, 7) is 2.55. The molecule has 1 atom stereocenters. The van der Waals surface area contributed by atoms with Gasteiger partial charge < -0.3 is 15.1 Å². The molecule has 0 spiro atoms. The summed E-state index contributed by atoms with van der Waals surface area (Å²) in [7, 11) is -3.70. The van der Waals surface area contributed by atoms with E-state index in [4.69, 9.17) is 0 Å². The topological polar surface area (TPSA) is 94.6 Å². The number of sulfonamides is 1. The Morgan fingerprint density at radius 3 is 2.21 bits per heavy atom. The highest BCUT2D eigenvalue weighted by molar-refractivity contribution is 7.92. The maximum absolute atomic E-state index is 14.4. The number of piperazine rings is 1. The Bertz CT molecular complexity index is 1530. The van der Waals surface area contributed by atoms with Gasteiger partial charge in [-0.2, -0.15) is 13.2 Å². The number of amides is 1. The summed E-state index contributed by atoms with van der Waals surface area (Å²) in [5, 5.41) is 2.69. The number of nitrogens with one attached hydrogen (secondary N) is 2. The fraction of sp³-hybridized carbons (Fsp3) is 0.357. The number of rotatable bonds is 9. The minimum absolute atomic E-state index is 0.104. The Morgan fingerprint density at radius 1 is 1.00 bits per heavy atom. The molecule has 0 saturated carbocycles. The molecule has 226 valence electrons. The number of hydrogen-bond acceptors (Lipinski definition) is 6. The van der Waals surface area contributed by atoms with Gasteiger partial charge in [0.1, 0.15) is 24.0 Å². The zero-order chi connectivity index (χ0) is 30.7. The zero-order valence-electron chi connectivity index (χ0n) is 22.9. The van der Waals surface area contributed by atoms with Gasteiger partial charge in [0, 0.05) is 44.0 Å². The van der Waals surface area contributed by atoms with Crippen LogP contribution in [0.4, 0.5) is 39.1 Å². The van der Waals surface area contributed by atoms with Gasteiger partial charge in [0.25, 0.3) is 0 Å². The minimum Gasteiger partial charge on any atom is -0.368 e. The Morgan fingerprint density at radius 2 is 1.64 bits per heavy atom. The highest BCUT2D eigenvalue weighted by atomic mass is 32.2. The molecular weight excluding hydrogens is 581 g/mol. The molecule has 0 aliphatic carbocycles. The first-order valence-corrected chi connectivity index (χ1v) is 14.9. The third-order valence-corrected chi connectivity index (χ3v) is 7.51. The number of nitrogens with zero attached hydrogens (tertiary/aromatic N) is 3. The van der Waals surface area contributed by atoms with Crippen molar-refractivity contribution in [1.82, 2.24) is 10.3 Å². The van der Waals surface area contributed by atoms with Gasteiger partial charge in [0.05, 0.1) is 17.9 Å². The largest absolute Gasteiger partial charge is 0.433 e. The normalized spacial score (nSPS) is 14.9. The van der Waals surface area contributed by atoms with Gasteiger partial charge in [0.2, 0.25) is 15.9 Å². The van der Waals surface area contributed by atoms with Crippen LogP contribution in [0, 0.1) is 5.82 Å². The van der Waals surface area contributed by atoms with Gasteiger partial charge in [-0.1, -0.05) is 24.3 Å². The van der Waals surface area contributed by atoms with E-state index in [1.807, 2.05) is 9.62 Å².